The highest BCUT2D eigenvalue weighted by Gasteiger charge is 2.52. The lowest BCUT2D eigenvalue weighted by atomic mass is 9.90. The number of piperazine rings is 1. The summed E-state index contributed by atoms with van der Waals surface area (Å²) in [6.45, 7) is 9.60. The molecule has 3 aliphatic rings. The van der Waals surface area contributed by atoms with Crippen LogP contribution in [0.4, 0.5) is 0 Å². The summed E-state index contributed by atoms with van der Waals surface area (Å²) in [6.07, 6.45) is 4.68. The molecule has 5 heteroatoms. The van der Waals surface area contributed by atoms with Gasteiger partial charge in [-0.3, -0.25) is 19.9 Å². The molecule has 3 fully saturated rings. The third-order valence-electron chi connectivity index (χ3n) is 5.48. The quantitative estimate of drug-likeness (QED) is 0.713. The summed E-state index contributed by atoms with van der Waals surface area (Å²) in [6, 6.07) is 1.09. The molecule has 0 aromatic heterocycles. The van der Waals surface area contributed by atoms with E-state index in [-0.39, 0.29) is 5.91 Å². The molecule has 5 nitrogen and oxygen atoms in total. The van der Waals surface area contributed by atoms with Crippen molar-refractivity contribution < 1.29 is 4.79 Å². The fraction of sp³-hybridized carbons (Fsp3) is 0.938. The van der Waals surface area contributed by atoms with Crippen molar-refractivity contribution in [3.63, 3.8) is 0 Å². The molecular weight excluding hydrogens is 264 g/mol. The molecule has 2 aliphatic carbocycles. The van der Waals surface area contributed by atoms with E-state index in [0.717, 1.165) is 45.6 Å². The van der Waals surface area contributed by atoms with E-state index in [1.54, 1.807) is 0 Å². The lowest BCUT2D eigenvalue weighted by Crippen LogP contribution is -2.66. The van der Waals surface area contributed by atoms with E-state index in [9.17, 15) is 4.79 Å². The molecule has 1 saturated heterocycles. The minimum atomic E-state index is -0.477. The highest BCUT2D eigenvalue weighted by atomic mass is 16.1. The largest absolute Gasteiger partial charge is 0.368 e. The Morgan fingerprint density at radius 1 is 1.29 bits per heavy atom. The van der Waals surface area contributed by atoms with E-state index in [4.69, 9.17) is 5.73 Å². The highest BCUT2D eigenvalue weighted by Crippen LogP contribution is 2.42. The van der Waals surface area contributed by atoms with Crippen LogP contribution in [0.1, 0.15) is 39.5 Å². The predicted octanol–water partition coefficient (Wildman–Crippen LogP) is 0.399. The predicted molar refractivity (Wildman–Crippen MR) is 84.0 cm³/mol. The molecule has 21 heavy (non-hydrogen) atoms. The van der Waals surface area contributed by atoms with E-state index >= 15 is 0 Å². The van der Waals surface area contributed by atoms with Gasteiger partial charge in [0.1, 0.15) is 5.54 Å². The van der Waals surface area contributed by atoms with Crippen molar-refractivity contribution in [2.24, 2.45) is 11.7 Å². The Hall–Kier alpha value is -0.650. The number of hydrogen-bond acceptors (Lipinski definition) is 4. The molecule has 2 atom stereocenters. The second kappa shape index (κ2) is 5.86. The first kappa shape index (κ1) is 15.3. The second-order valence-electron chi connectivity index (χ2n) is 7.24. The summed E-state index contributed by atoms with van der Waals surface area (Å²) >= 11 is 0. The first-order chi connectivity index (χ1) is 10.0. The van der Waals surface area contributed by atoms with Crippen molar-refractivity contribution in [3.8, 4) is 0 Å². The first-order valence-corrected chi connectivity index (χ1v) is 8.59. The molecule has 120 valence electrons. The number of carbonyl (C=O) groups is 1. The number of nitrogens with one attached hydrogen (secondary N) is 1. The Bertz CT molecular complexity index is 394. The van der Waals surface area contributed by atoms with Crippen LogP contribution in [-0.2, 0) is 4.79 Å². The van der Waals surface area contributed by atoms with Gasteiger partial charge in [0.2, 0.25) is 5.91 Å². The number of nitrogens with zero attached hydrogens (tertiary/aromatic N) is 2. The molecule has 2 saturated carbocycles. The number of carbonyl (C=O) groups excluding carboxylic acids is 1. The topological polar surface area (TPSA) is 61.6 Å². The molecule has 1 amide bonds. The van der Waals surface area contributed by atoms with Crippen LogP contribution in [0, 0.1) is 5.92 Å². The Balaban J connectivity index is 1.68. The Kier molecular flexibility index (Phi) is 4.26. The molecular formula is C16H30N4O. The van der Waals surface area contributed by atoms with Gasteiger partial charge in [-0.2, -0.15) is 0 Å². The van der Waals surface area contributed by atoms with Gasteiger partial charge >= 0.3 is 0 Å². The molecule has 3 N–H and O–H groups in total. The summed E-state index contributed by atoms with van der Waals surface area (Å²) in [5.41, 5.74) is 5.38. The maximum absolute atomic E-state index is 12.3. The third kappa shape index (κ3) is 3.25. The smallest absolute Gasteiger partial charge is 0.239 e. The Morgan fingerprint density at radius 2 is 2.00 bits per heavy atom. The molecule has 0 aromatic carbocycles. The van der Waals surface area contributed by atoms with Gasteiger partial charge in [-0.1, -0.05) is 6.92 Å². The maximum Gasteiger partial charge on any atom is 0.239 e. The summed E-state index contributed by atoms with van der Waals surface area (Å²) < 4.78 is 0. The van der Waals surface area contributed by atoms with Crippen molar-refractivity contribution in [1.29, 1.82) is 0 Å². The van der Waals surface area contributed by atoms with Crippen LogP contribution >= 0.6 is 0 Å². The van der Waals surface area contributed by atoms with Gasteiger partial charge in [0.05, 0.1) is 0 Å². The molecule has 1 heterocycles. The highest BCUT2D eigenvalue weighted by molar-refractivity contribution is 5.86. The van der Waals surface area contributed by atoms with Crippen LogP contribution in [0.15, 0.2) is 0 Å². The average molecular weight is 294 g/mol. The van der Waals surface area contributed by atoms with Gasteiger partial charge < -0.3 is 5.73 Å². The van der Waals surface area contributed by atoms with Crippen molar-refractivity contribution in [2.75, 3.05) is 32.7 Å². The molecule has 3 rings (SSSR count). The maximum atomic E-state index is 12.3. The van der Waals surface area contributed by atoms with Crippen LogP contribution in [0.2, 0.25) is 0 Å². The third-order valence-corrected chi connectivity index (χ3v) is 5.48. The lowest BCUT2D eigenvalue weighted by molar-refractivity contribution is -0.126. The lowest BCUT2D eigenvalue weighted by Gasteiger charge is -2.44. The molecule has 2 unspecified atom stereocenters. The van der Waals surface area contributed by atoms with Crippen LogP contribution in [-0.4, -0.2) is 66.1 Å². The van der Waals surface area contributed by atoms with Crippen molar-refractivity contribution in [2.45, 2.75) is 57.2 Å². The van der Waals surface area contributed by atoms with E-state index in [1.807, 2.05) is 0 Å². The fourth-order valence-electron chi connectivity index (χ4n) is 3.85. The van der Waals surface area contributed by atoms with Crippen molar-refractivity contribution >= 4 is 5.91 Å². The van der Waals surface area contributed by atoms with E-state index in [2.05, 4.69) is 29.0 Å². The zero-order valence-corrected chi connectivity index (χ0v) is 13.5. The molecule has 0 aromatic rings. The van der Waals surface area contributed by atoms with Gasteiger partial charge in [0.15, 0.2) is 0 Å². The van der Waals surface area contributed by atoms with E-state index in [0.29, 0.717) is 18.0 Å². The number of rotatable bonds is 7. The van der Waals surface area contributed by atoms with Crippen molar-refractivity contribution in [1.82, 2.24) is 15.1 Å². The monoisotopic (exact) mass is 294 g/mol. The van der Waals surface area contributed by atoms with Gasteiger partial charge in [0.25, 0.3) is 0 Å². The SMILES string of the molecule is CCN1CCN(CC(NC2CC2)(C(N)=O)C2CC2)CC1C. The van der Waals surface area contributed by atoms with Crippen LogP contribution in [0.3, 0.4) is 0 Å². The van der Waals surface area contributed by atoms with Gasteiger partial charge in [0, 0.05) is 38.3 Å². The fourth-order valence-corrected chi connectivity index (χ4v) is 3.85. The number of amides is 1. The standard InChI is InChI=1S/C16H30N4O/c1-3-20-9-8-19(10-12(20)2)11-16(15(17)21,13-4-5-13)18-14-6-7-14/h12-14,18H,3-11H2,1-2H3,(H2,17,21). The zero-order chi connectivity index (χ0) is 15.0. The van der Waals surface area contributed by atoms with Crippen molar-refractivity contribution in [3.05, 3.63) is 0 Å². The minimum Gasteiger partial charge on any atom is -0.368 e. The van der Waals surface area contributed by atoms with E-state index < -0.39 is 5.54 Å². The van der Waals surface area contributed by atoms with Gasteiger partial charge in [-0.05, 0) is 45.1 Å². The average Bonchev–Trinajstić information content (AvgIpc) is 3.31. The Labute approximate surface area is 128 Å². The zero-order valence-electron chi connectivity index (χ0n) is 13.5. The summed E-state index contributed by atoms with van der Waals surface area (Å²) in [5.74, 6) is 0.317. The second-order valence-corrected chi connectivity index (χ2v) is 7.24. The van der Waals surface area contributed by atoms with Crippen LogP contribution in [0.5, 0.6) is 0 Å². The number of nitrogens with two attached hydrogens (primary N) is 1. The van der Waals surface area contributed by atoms with Crippen LogP contribution in [0.25, 0.3) is 0 Å². The molecule has 0 bridgehead atoms. The molecule has 0 radical (unpaired) electrons. The summed E-state index contributed by atoms with van der Waals surface area (Å²) in [7, 11) is 0. The summed E-state index contributed by atoms with van der Waals surface area (Å²) in [4.78, 5) is 17.2. The summed E-state index contributed by atoms with van der Waals surface area (Å²) in [5, 5.41) is 3.62. The normalized spacial score (nSPS) is 31.0. The molecule has 0 spiro atoms. The first-order valence-electron chi connectivity index (χ1n) is 8.59. The molecule has 1 aliphatic heterocycles. The van der Waals surface area contributed by atoms with Gasteiger partial charge in [-0.15, -0.1) is 0 Å². The Morgan fingerprint density at radius 3 is 2.48 bits per heavy atom. The number of hydrogen-bond donors (Lipinski definition) is 2. The number of likely N-dealkylation sites (N-methyl/N-ethyl adjacent to an activating group) is 1. The van der Waals surface area contributed by atoms with E-state index in [1.165, 1.54) is 12.8 Å². The van der Waals surface area contributed by atoms with Gasteiger partial charge in [-0.25, -0.2) is 0 Å². The van der Waals surface area contributed by atoms with Crippen LogP contribution < -0.4 is 11.1 Å². The number of primary amides is 1. The minimum absolute atomic E-state index is 0.137.